The van der Waals surface area contributed by atoms with E-state index in [9.17, 15) is 22.8 Å². The molecule has 0 atom stereocenters. The molecule has 0 unspecified atom stereocenters. The lowest BCUT2D eigenvalue weighted by Gasteiger charge is -2.32. The average Bonchev–Trinajstić information content (AvgIpc) is 2.73. The minimum atomic E-state index is -4.36. The third-order valence-electron chi connectivity index (χ3n) is 5.34. The van der Waals surface area contributed by atoms with Crippen molar-refractivity contribution in [2.45, 2.75) is 12.7 Å². The van der Waals surface area contributed by atoms with Crippen LogP contribution in [0.5, 0.6) is 0 Å². The Bertz CT molecular complexity index is 1130. The predicted octanol–water partition coefficient (Wildman–Crippen LogP) is 2.35. The molecule has 1 fully saturated rings. The summed E-state index contributed by atoms with van der Waals surface area (Å²) >= 11 is 0. The molecule has 0 spiro atoms. The van der Waals surface area contributed by atoms with Gasteiger partial charge < -0.3 is 14.2 Å². The molecule has 156 valence electrons. The normalized spacial score (nSPS) is 15.5. The smallest absolute Gasteiger partial charge is 0.416 e. The van der Waals surface area contributed by atoms with E-state index in [0.717, 1.165) is 11.0 Å². The van der Waals surface area contributed by atoms with Gasteiger partial charge >= 0.3 is 11.8 Å². The zero-order valence-corrected chi connectivity index (χ0v) is 16.0. The highest BCUT2D eigenvalue weighted by Gasteiger charge is 2.31. The molecule has 0 saturated carbocycles. The van der Waals surface area contributed by atoms with Crippen LogP contribution in [0.15, 0.2) is 63.8 Å². The lowest BCUT2D eigenvalue weighted by Crippen LogP contribution is -3.13. The number of carbonyl (C=O) groups is 1. The fraction of sp³-hybridized carbons (Fsp3) is 0.273. The maximum Gasteiger partial charge on any atom is 0.416 e. The van der Waals surface area contributed by atoms with Gasteiger partial charge in [-0.25, -0.2) is 4.79 Å². The summed E-state index contributed by atoms with van der Waals surface area (Å²) in [5, 5.41) is 0.675. The van der Waals surface area contributed by atoms with Crippen LogP contribution in [-0.2, 0) is 12.7 Å². The van der Waals surface area contributed by atoms with Gasteiger partial charge in [0, 0.05) is 10.9 Å². The highest BCUT2D eigenvalue weighted by Crippen LogP contribution is 2.29. The summed E-state index contributed by atoms with van der Waals surface area (Å²) in [6.07, 6.45) is -4.36. The number of fused-ring (bicyclic) bond motifs is 1. The number of alkyl halides is 3. The Morgan fingerprint density at radius 3 is 2.50 bits per heavy atom. The van der Waals surface area contributed by atoms with E-state index in [2.05, 4.69) is 0 Å². The van der Waals surface area contributed by atoms with Crippen LogP contribution in [0.3, 0.4) is 0 Å². The van der Waals surface area contributed by atoms with E-state index >= 15 is 0 Å². The molecule has 2 aromatic carbocycles. The van der Waals surface area contributed by atoms with Crippen molar-refractivity contribution in [3.63, 3.8) is 0 Å². The largest absolute Gasteiger partial charge is 0.422 e. The first-order valence-corrected chi connectivity index (χ1v) is 9.63. The third-order valence-corrected chi connectivity index (χ3v) is 5.34. The Hall–Kier alpha value is -3.13. The number of quaternary nitrogens is 1. The van der Waals surface area contributed by atoms with Crippen molar-refractivity contribution in [1.82, 2.24) is 4.90 Å². The number of hydrogen-bond donors (Lipinski definition) is 1. The number of halogens is 3. The van der Waals surface area contributed by atoms with E-state index < -0.39 is 17.4 Å². The van der Waals surface area contributed by atoms with E-state index in [1.54, 1.807) is 41.3 Å². The van der Waals surface area contributed by atoms with Gasteiger partial charge in [0.05, 0.1) is 31.7 Å². The number of benzene rings is 2. The molecule has 0 radical (unpaired) electrons. The van der Waals surface area contributed by atoms with Crippen LogP contribution in [0.1, 0.15) is 21.5 Å². The van der Waals surface area contributed by atoms with Crippen LogP contribution in [0.25, 0.3) is 11.0 Å². The summed E-state index contributed by atoms with van der Waals surface area (Å²) in [6, 6.07) is 13.9. The quantitative estimate of drug-likeness (QED) is 0.666. The van der Waals surface area contributed by atoms with Gasteiger partial charge in [-0.15, -0.1) is 0 Å². The summed E-state index contributed by atoms with van der Waals surface area (Å²) in [5.74, 6) is -0.382. The molecule has 1 aliphatic rings. The molecule has 4 rings (SSSR count). The van der Waals surface area contributed by atoms with E-state index in [1.807, 2.05) is 0 Å². The van der Waals surface area contributed by atoms with Gasteiger partial charge in [0.2, 0.25) is 0 Å². The van der Waals surface area contributed by atoms with E-state index in [1.165, 1.54) is 12.1 Å². The van der Waals surface area contributed by atoms with Gasteiger partial charge in [-0.05, 0) is 24.3 Å². The molecule has 8 heteroatoms. The molecular formula is C22H20F3N2O3+. The number of piperazine rings is 1. The standard InChI is InChI=1S/C22H19F3N2O3/c23-22(24,25)17-6-3-4-15(12-17)14-26-8-10-27(11-9-26)20(28)18-13-16-5-1-2-7-19(16)30-21(18)29/h1-7,12-13H,8-11,14H2/p+1. The summed E-state index contributed by atoms with van der Waals surface area (Å²) in [6.45, 7) is 2.45. The molecular weight excluding hydrogens is 397 g/mol. The predicted molar refractivity (Wildman–Crippen MR) is 104 cm³/mol. The first-order valence-electron chi connectivity index (χ1n) is 9.63. The highest BCUT2D eigenvalue weighted by atomic mass is 19.4. The molecule has 2 heterocycles. The van der Waals surface area contributed by atoms with Crippen molar-refractivity contribution in [2.75, 3.05) is 26.2 Å². The van der Waals surface area contributed by atoms with Crippen LogP contribution in [0, 0.1) is 0 Å². The number of carbonyl (C=O) groups excluding carboxylic acids is 1. The van der Waals surface area contributed by atoms with Gasteiger partial charge in [0.25, 0.3) is 5.91 Å². The third kappa shape index (κ3) is 4.23. The van der Waals surface area contributed by atoms with Gasteiger partial charge in [-0.3, -0.25) is 4.79 Å². The first-order chi connectivity index (χ1) is 14.3. The number of hydrogen-bond acceptors (Lipinski definition) is 3. The molecule has 1 N–H and O–H groups in total. The second-order valence-corrected chi connectivity index (χ2v) is 7.40. The lowest BCUT2D eigenvalue weighted by atomic mass is 10.1. The maximum absolute atomic E-state index is 12.9. The Labute approximate surface area is 170 Å². The van der Waals surface area contributed by atoms with Crippen molar-refractivity contribution in [3.05, 3.63) is 81.7 Å². The van der Waals surface area contributed by atoms with Crippen LogP contribution in [0.2, 0.25) is 0 Å². The lowest BCUT2D eigenvalue weighted by molar-refractivity contribution is -0.917. The molecule has 5 nitrogen and oxygen atoms in total. The van der Waals surface area contributed by atoms with Crippen LogP contribution < -0.4 is 10.5 Å². The number of nitrogens with zero attached hydrogens (tertiary/aromatic N) is 1. The molecule has 1 amide bonds. The molecule has 30 heavy (non-hydrogen) atoms. The SMILES string of the molecule is O=C(c1cc2ccccc2oc1=O)N1CC[NH+](Cc2cccc(C(F)(F)F)c2)CC1. The number of nitrogens with one attached hydrogen (secondary N) is 1. The zero-order valence-electron chi connectivity index (χ0n) is 16.0. The van der Waals surface area contributed by atoms with E-state index in [4.69, 9.17) is 4.42 Å². The molecule has 1 saturated heterocycles. The molecule has 1 aliphatic heterocycles. The second-order valence-electron chi connectivity index (χ2n) is 7.40. The van der Waals surface area contributed by atoms with Crippen molar-refractivity contribution in [3.8, 4) is 0 Å². The fourth-order valence-electron chi connectivity index (χ4n) is 3.73. The number of amides is 1. The Morgan fingerprint density at radius 2 is 1.77 bits per heavy atom. The monoisotopic (exact) mass is 417 g/mol. The minimum absolute atomic E-state index is 0.00460. The highest BCUT2D eigenvalue weighted by molar-refractivity contribution is 5.96. The Morgan fingerprint density at radius 1 is 1.03 bits per heavy atom. The minimum Gasteiger partial charge on any atom is -0.422 e. The van der Waals surface area contributed by atoms with Crippen LogP contribution in [-0.4, -0.2) is 37.0 Å². The topological polar surface area (TPSA) is 55.0 Å². The van der Waals surface area contributed by atoms with Crippen molar-refractivity contribution in [1.29, 1.82) is 0 Å². The van der Waals surface area contributed by atoms with Gasteiger partial charge in [-0.1, -0.05) is 30.3 Å². The van der Waals surface area contributed by atoms with Crippen molar-refractivity contribution >= 4 is 16.9 Å². The molecule has 1 aromatic heterocycles. The fourth-order valence-corrected chi connectivity index (χ4v) is 3.73. The maximum atomic E-state index is 12.9. The first kappa shape index (κ1) is 20.2. The van der Waals surface area contributed by atoms with Crippen LogP contribution in [0.4, 0.5) is 13.2 Å². The van der Waals surface area contributed by atoms with Crippen molar-refractivity contribution in [2.24, 2.45) is 0 Å². The van der Waals surface area contributed by atoms with Gasteiger partial charge in [0.1, 0.15) is 17.7 Å². The zero-order chi connectivity index (χ0) is 21.3. The average molecular weight is 417 g/mol. The summed E-state index contributed by atoms with van der Waals surface area (Å²) in [4.78, 5) is 27.7. The Kier molecular flexibility index (Phi) is 5.34. The molecule has 0 bridgehead atoms. The second kappa shape index (κ2) is 7.95. The van der Waals surface area contributed by atoms with Crippen molar-refractivity contribution < 1.29 is 27.3 Å². The Balaban J connectivity index is 1.42. The summed E-state index contributed by atoms with van der Waals surface area (Å²) < 4.78 is 43.9. The van der Waals surface area contributed by atoms with E-state index in [-0.39, 0.29) is 11.5 Å². The van der Waals surface area contributed by atoms with Gasteiger partial charge in [0.15, 0.2) is 0 Å². The number of para-hydroxylation sites is 1. The number of rotatable bonds is 3. The summed E-state index contributed by atoms with van der Waals surface area (Å²) in [5.41, 5.74) is -0.298. The van der Waals surface area contributed by atoms with E-state index in [0.29, 0.717) is 49.3 Å². The molecule has 3 aromatic rings. The van der Waals surface area contributed by atoms with Gasteiger partial charge in [-0.2, -0.15) is 13.2 Å². The summed E-state index contributed by atoms with van der Waals surface area (Å²) in [7, 11) is 0. The molecule has 0 aliphatic carbocycles. The van der Waals surface area contributed by atoms with Crippen LogP contribution >= 0.6 is 0 Å².